The average Bonchev–Trinajstić information content (AvgIpc) is 2.74. The monoisotopic (exact) mass is 424 g/mol. The number of allylic oxidation sites excluding steroid dienone is 1. The van der Waals surface area contributed by atoms with E-state index < -0.39 is 12.0 Å². The number of nitrogens with one attached hydrogen (secondary N) is 3. The number of anilines is 2. The van der Waals surface area contributed by atoms with Crippen LogP contribution < -0.4 is 16.0 Å². The van der Waals surface area contributed by atoms with Crippen LogP contribution >= 0.6 is 12.2 Å². The number of amides is 2. The maximum absolute atomic E-state index is 12.5. The number of esters is 1. The van der Waals surface area contributed by atoms with Gasteiger partial charge in [-0.25, -0.2) is 9.59 Å². The summed E-state index contributed by atoms with van der Waals surface area (Å²) in [6.45, 7) is 4.44. The Bertz CT molecular complexity index is 991. The summed E-state index contributed by atoms with van der Waals surface area (Å²) in [5.74, 6) is -0.425. The minimum absolute atomic E-state index is 0.359. The number of carbonyl (C=O) groups excluding carboxylic acids is 2. The lowest BCUT2D eigenvalue weighted by Gasteiger charge is -2.37. The second-order valence-corrected chi connectivity index (χ2v) is 7.07. The van der Waals surface area contributed by atoms with Gasteiger partial charge in [0.05, 0.1) is 18.7 Å². The molecule has 0 aliphatic carbocycles. The molecule has 2 aromatic rings. The summed E-state index contributed by atoms with van der Waals surface area (Å²) in [5.41, 5.74) is 3.30. The van der Waals surface area contributed by atoms with Gasteiger partial charge in [0.1, 0.15) is 0 Å². The summed E-state index contributed by atoms with van der Waals surface area (Å²) in [4.78, 5) is 26.7. The molecule has 8 heteroatoms. The lowest BCUT2D eigenvalue weighted by Crippen LogP contribution is -2.47. The van der Waals surface area contributed by atoms with Gasteiger partial charge in [-0.05, 0) is 55.9 Å². The first-order valence-corrected chi connectivity index (χ1v) is 9.95. The van der Waals surface area contributed by atoms with Crippen molar-refractivity contribution < 1.29 is 14.3 Å². The Balaban J connectivity index is 1.86. The quantitative estimate of drug-likeness (QED) is 0.497. The van der Waals surface area contributed by atoms with Gasteiger partial charge >= 0.3 is 12.0 Å². The van der Waals surface area contributed by atoms with Gasteiger partial charge in [-0.15, -0.1) is 0 Å². The first-order valence-electron chi connectivity index (χ1n) is 9.54. The number of ether oxygens (including phenoxy) is 1. The summed E-state index contributed by atoms with van der Waals surface area (Å²) in [6, 6.07) is 15.6. The number of nitrogens with zero attached hydrogens (tertiary/aromatic N) is 1. The zero-order valence-corrected chi connectivity index (χ0v) is 17.9. The van der Waals surface area contributed by atoms with Crippen LogP contribution in [0.1, 0.15) is 25.5 Å². The fraction of sp³-hybridized carbons (Fsp3) is 0.227. The molecule has 1 heterocycles. The lowest BCUT2D eigenvalue weighted by molar-refractivity contribution is -0.136. The Labute approximate surface area is 181 Å². The highest BCUT2D eigenvalue weighted by atomic mass is 32.1. The van der Waals surface area contributed by atoms with Crippen molar-refractivity contribution in [2.45, 2.75) is 19.9 Å². The van der Waals surface area contributed by atoms with Gasteiger partial charge in [0.25, 0.3) is 0 Å². The zero-order valence-electron chi connectivity index (χ0n) is 17.1. The Morgan fingerprint density at radius 3 is 2.43 bits per heavy atom. The van der Waals surface area contributed by atoms with Crippen LogP contribution in [0.2, 0.25) is 0 Å². The van der Waals surface area contributed by atoms with Gasteiger partial charge < -0.3 is 25.6 Å². The summed E-state index contributed by atoms with van der Waals surface area (Å²) >= 11 is 5.48. The van der Waals surface area contributed by atoms with Crippen molar-refractivity contribution in [3.8, 4) is 0 Å². The Morgan fingerprint density at radius 2 is 1.77 bits per heavy atom. The van der Waals surface area contributed by atoms with Gasteiger partial charge in [-0.2, -0.15) is 0 Å². The molecule has 0 fully saturated rings. The molecule has 0 aromatic heterocycles. The van der Waals surface area contributed by atoms with Crippen molar-refractivity contribution in [2.24, 2.45) is 0 Å². The molecule has 0 saturated heterocycles. The van der Waals surface area contributed by atoms with E-state index in [2.05, 4.69) is 16.0 Å². The third-order valence-electron chi connectivity index (χ3n) is 4.83. The Morgan fingerprint density at radius 1 is 1.10 bits per heavy atom. The highest BCUT2D eigenvalue weighted by Gasteiger charge is 2.34. The van der Waals surface area contributed by atoms with E-state index in [1.165, 1.54) is 7.11 Å². The van der Waals surface area contributed by atoms with Crippen LogP contribution in [-0.4, -0.2) is 35.7 Å². The molecule has 2 aromatic carbocycles. The number of hydrogen-bond donors (Lipinski definition) is 3. The molecule has 0 bridgehead atoms. The number of carbonyl (C=O) groups is 2. The minimum atomic E-state index is -0.480. The van der Waals surface area contributed by atoms with E-state index in [1.807, 2.05) is 55.1 Å². The summed E-state index contributed by atoms with van der Waals surface area (Å²) in [5, 5.41) is 9.35. The van der Waals surface area contributed by atoms with Crippen LogP contribution in [0, 0.1) is 0 Å². The molecule has 3 N–H and O–H groups in total. The topological polar surface area (TPSA) is 82.7 Å². The number of urea groups is 1. The molecule has 1 atom stereocenters. The largest absolute Gasteiger partial charge is 0.466 e. The summed E-state index contributed by atoms with van der Waals surface area (Å²) in [6.07, 6.45) is 0. The van der Waals surface area contributed by atoms with E-state index in [0.717, 1.165) is 11.3 Å². The Hall–Kier alpha value is -3.39. The molecule has 156 valence electrons. The van der Waals surface area contributed by atoms with E-state index in [1.54, 1.807) is 18.2 Å². The molecule has 1 aliphatic heterocycles. The van der Waals surface area contributed by atoms with Crippen LogP contribution in [0.4, 0.5) is 16.2 Å². The van der Waals surface area contributed by atoms with Gasteiger partial charge in [0.15, 0.2) is 5.11 Å². The van der Waals surface area contributed by atoms with E-state index >= 15 is 0 Å². The van der Waals surface area contributed by atoms with Crippen molar-refractivity contribution in [3.05, 3.63) is 71.4 Å². The molecule has 3 rings (SSSR count). The highest BCUT2D eigenvalue weighted by molar-refractivity contribution is 7.80. The normalized spacial score (nSPS) is 16.0. The molecule has 30 heavy (non-hydrogen) atoms. The number of hydrogen-bond acceptors (Lipinski definition) is 4. The van der Waals surface area contributed by atoms with E-state index in [9.17, 15) is 9.59 Å². The van der Waals surface area contributed by atoms with Crippen LogP contribution in [0.5, 0.6) is 0 Å². The fourth-order valence-corrected chi connectivity index (χ4v) is 3.78. The van der Waals surface area contributed by atoms with Gasteiger partial charge in [-0.1, -0.05) is 30.3 Å². The number of rotatable bonds is 5. The van der Waals surface area contributed by atoms with Gasteiger partial charge in [0, 0.05) is 23.6 Å². The molecule has 0 unspecified atom stereocenters. The molecule has 7 nitrogen and oxygen atoms in total. The molecular formula is C22H24N4O3S. The molecule has 0 radical (unpaired) electrons. The smallest absolute Gasteiger partial charge is 0.337 e. The van der Waals surface area contributed by atoms with Crippen molar-refractivity contribution >= 4 is 40.7 Å². The zero-order chi connectivity index (χ0) is 21.7. The van der Waals surface area contributed by atoms with Crippen molar-refractivity contribution in [1.82, 2.24) is 10.2 Å². The number of methoxy groups -OCH3 is 1. The summed E-state index contributed by atoms with van der Waals surface area (Å²) in [7, 11) is 1.36. The van der Waals surface area contributed by atoms with E-state index in [0.29, 0.717) is 28.6 Å². The first kappa shape index (κ1) is 21.3. The van der Waals surface area contributed by atoms with Crippen molar-refractivity contribution in [3.63, 3.8) is 0 Å². The Kier molecular flexibility index (Phi) is 6.68. The van der Waals surface area contributed by atoms with Gasteiger partial charge in [-0.3, -0.25) is 0 Å². The SMILES string of the molecule is CCN1C(=S)N[C@@H](c2cccc(NC(=O)Nc3ccccc3)c2)C(C(=O)OC)=C1C. The van der Waals surface area contributed by atoms with Crippen molar-refractivity contribution in [1.29, 1.82) is 0 Å². The number of para-hydroxylation sites is 1. The summed E-state index contributed by atoms with van der Waals surface area (Å²) < 4.78 is 5.01. The first-order chi connectivity index (χ1) is 14.4. The molecule has 1 aliphatic rings. The highest BCUT2D eigenvalue weighted by Crippen LogP contribution is 2.32. The maximum atomic E-state index is 12.5. The standard InChI is InChI=1S/C22H24N4O3S/c1-4-26-14(2)18(20(27)29-3)19(25-22(26)30)15-9-8-12-17(13-15)24-21(28)23-16-10-6-5-7-11-16/h5-13,19H,4H2,1-3H3,(H,25,30)(H2,23,24,28)/t19-/m0/s1. The van der Waals surface area contributed by atoms with Crippen molar-refractivity contribution in [2.75, 3.05) is 24.3 Å². The van der Waals surface area contributed by atoms with E-state index in [4.69, 9.17) is 17.0 Å². The lowest BCUT2D eigenvalue weighted by atomic mass is 9.94. The van der Waals surface area contributed by atoms with Crippen LogP contribution in [0.15, 0.2) is 65.9 Å². The van der Waals surface area contributed by atoms with Crippen LogP contribution in [0.3, 0.4) is 0 Å². The predicted octanol–water partition coefficient (Wildman–Crippen LogP) is 4.03. The third-order valence-corrected chi connectivity index (χ3v) is 5.17. The van der Waals surface area contributed by atoms with Crippen LogP contribution in [0.25, 0.3) is 0 Å². The molecule has 0 spiro atoms. The minimum Gasteiger partial charge on any atom is -0.466 e. The molecule has 2 amide bonds. The van der Waals surface area contributed by atoms with Gasteiger partial charge in [0.2, 0.25) is 0 Å². The third kappa shape index (κ3) is 4.60. The second-order valence-electron chi connectivity index (χ2n) is 6.69. The number of thiocarbonyl (C=S) groups is 1. The second kappa shape index (κ2) is 9.41. The van der Waals surface area contributed by atoms with Crippen LogP contribution in [-0.2, 0) is 9.53 Å². The maximum Gasteiger partial charge on any atom is 0.337 e. The van der Waals surface area contributed by atoms with E-state index in [-0.39, 0.29) is 6.03 Å². The molecule has 0 saturated carbocycles. The number of benzene rings is 2. The average molecular weight is 425 g/mol. The predicted molar refractivity (Wildman–Crippen MR) is 121 cm³/mol. The fourth-order valence-electron chi connectivity index (χ4n) is 3.40. The molecular weight excluding hydrogens is 400 g/mol.